The maximum absolute atomic E-state index is 11.9. The quantitative estimate of drug-likeness (QED) is 0.436. The van der Waals surface area contributed by atoms with E-state index in [0.717, 1.165) is 39.6 Å². The molecule has 0 bridgehead atoms. The van der Waals surface area contributed by atoms with Crippen molar-refractivity contribution in [3.05, 3.63) is 60.2 Å². The minimum atomic E-state index is -0.513. The van der Waals surface area contributed by atoms with Gasteiger partial charge in [-0.1, -0.05) is 18.2 Å². The first-order valence-electron chi connectivity index (χ1n) is 12.7. The molecular formula is C27H27N7O4. The van der Waals surface area contributed by atoms with E-state index in [1.165, 1.54) is 0 Å². The first kappa shape index (κ1) is 23.1. The van der Waals surface area contributed by atoms with Gasteiger partial charge in [-0.2, -0.15) is 0 Å². The molecule has 6 heterocycles. The minimum Gasteiger partial charge on any atom is -0.490 e. The van der Waals surface area contributed by atoms with Crippen LogP contribution in [0.3, 0.4) is 0 Å². The van der Waals surface area contributed by atoms with Gasteiger partial charge >= 0.3 is 0 Å². The van der Waals surface area contributed by atoms with E-state index in [0.29, 0.717) is 45.4 Å². The number of aliphatic hydroxyl groups excluding tert-OH is 1. The molecule has 1 saturated heterocycles. The normalized spacial score (nSPS) is 22.4. The number of ether oxygens (including phenoxy) is 2. The van der Waals surface area contributed by atoms with Crippen molar-refractivity contribution in [1.29, 1.82) is 0 Å². The van der Waals surface area contributed by atoms with E-state index < -0.39 is 12.1 Å². The number of aromatic nitrogens is 5. The monoisotopic (exact) mass is 513 g/mol. The summed E-state index contributed by atoms with van der Waals surface area (Å²) in [4.78, 5) is 34.7. The van der Waals surface area contributed by atoms with E-state index in [4.69, 9.17) is 24.5 Å². The number of amides is 1. The topological polar surface area (TPSA) is 119 Å². The number of aliphatic hydroxyl groups is 1. The van der Waals surface area contributed by atoms with E-state index >= 15 is 0 Å². The molecule has 7 rings (SSSR count). The van der Waals surface area contributed by atoms with Crippen molar-refractivity contribution in [1.82, 2.24) is 29.4 Å². The van der Waals surface area contributed by atoms with Crippen molar-refractivity contribution in [2.75, 3.05) is 44.4 Å². The molecule has 0 saturated carbocycles. The van der Waals surface area contributed by atoms with E-state index in [1.54, 1.807) is 17.3 Å². The number of carbonyl (C=O) groups is 1. The lowest BCUT2D eigenvalue weighted by Gasteiger charge is -2.39. The second-order valence-electron chi connectivity index (χ2n) is 10.0. The summed E-state index contributed by atoms with van der Waals surface area (Å²) in [6.07, 6.45) is 3.57. The number of rotatable bonds is 3. The summed E-state index contributed by atoms with van der Waals surface area (Å²) < 4.78 is 14.2. The number of anilines is 1. The number of fused-ring (bicyclic) bond motifs is 6. The van der Waals surface area contributed by atoms with Gasteiger partial charge in [0.25, 0.3) is 0 Å². The van der Waals surface area contributed by atoms with Gasteiger partial charge in [-0.05, 0) is 25.1 Å². The molecule has 1 unspecified atom stereocenters. The van der Waals surface area contributed by atoms with Gasteiger partial charge in [0, 0.05) is 49.2 Å². The maximum atomic E-state index is 11.9. The fourth-order valence-electron chi connectivity index (χ4n) is 5.83. The molecule has 1 aromatic carbocycles. The SMILES string of the molecule is C[C@@H]1CN(C(=O)CO)CCN1c1ncc(-c2ccc3nc4n(c3n2)C2(COC4)COc3ccccc32)cn1. The lowest BCUT2D eigenvalue weighted by atomic mass is 9.91. The molecule has 11 nitrogen and oxygen atoms in total. The van der Waals surface area contributed by atoms with Gasteiger partial charge in [-0.25, -0.2) is 19.9 Å². The highest BCUT2D eigenvalue weighted by Gasteiger charge is 2.47. The van der Waals surface area contributed by atoms with Crippen molar-refractivity contribution in [3.63, 3.8) is 0 Å². The van der Waals surface area contributed by atoms with Gasteiger partial charge in [0.05, 0.1) is 12.3 Å². The number of piperazine rings is 1. The summed E-state index contributed by atoms with van der Waals surface area (Å²) in [5, 5.41) is 9.16. The summed E-state index contributed by atoms with van der Waals surface area (Å²) in [6.45, 7) is 4.57. The van der Waals surface area contributed by atoms with Crippen LogP contribution >= 0.6 is 0 Å². The predicted octanol–water partition coefficient (Wildman–Crippen LogP) is 1.58. The minimum absolute atomic E-state index is 0.0350. The van der Waals surface area contributed by atoms with Crippen molar-refractivity contribution in [3.8, 4) is 17.0 Å². The fraction of sp³-hybridized carbons (Fsp3) is 0.370. The van der Waals surface area contributed by atoms with Crippen LogP contribution in [0.1, 0.15) is 18.3 Å². The third-order valence-electron chi connectivity index (χ3n) is 7.74. The molecule has 2 atom stereocenters. The highest BCUT2D eigenvalue weighted by Crippen LogP contribution is 2.44. The Morgan fingerprint density at radius 3 is 2.76 bits per heavy atom. The van der Waals surface area contributed by atoms with Gasteiger partial charge in [-0.3, -0.25) is 9.36 Å². The third kappa shape index (κ3) is 3.46. The van der Waals surface area contributed by atoms with Crippen LogP contribution in [0.25, 0.3) is 22.4 Å². The van der Waals surface area contributed by atoms with Gasteiger partial charge in [0.1, 0.15) is 42.5 Å². The fourth-order valence-corrected chi connectivity index (χ4v) is 5.83. The number of imidazole rings is 1. The van der Waals surface area contributed by atoms with Gasteiger partial charge in [0.15, 0.2) is 5.65 Å². The average molecular weight is 514 g/mol. The van der Waals surface area contributed by atoms with Crippen LogP contribution in [0.5, 0.6) is 5.75 Å². The zero-order valence-corrected chi connectivity index (χ0v) is 20.9. The van der Waals surface area contributed by atoms with Crippen LogP contribution in [-0.2, 0) is 21.7 Å². The first-order valence-corrected chi connectivity index (χ1v) is 12.7. The molecule has 3 aliphatic rings. The van der Waals surface area contributed by atoms with Gasteiger partial charge < -0.3 is 24.4 Å². The molecule has 38 heavy (non-hydrogen) atoms. The highest BCUT2D eigenvalue weighted by molar-refractivity contribution is 5.78. The Morgan fingerprint density at radius 2 is 1.95 bits per heavy atom. The van der Waals surface area contributed by atoms with Crippen LogP contribution in [0.15, 0.2) is 48.8 Å². The Morgan fingerprint density at radius 1 is 1.11 bits per heavy atom. The molecule has 1 amide bonds. The maximum Gasteiger partial charge on any atom is 0.248 e. The van der Waals surface area contributed by atoms with E-state index in [-0.39, 0.29) is 11.9 Å². The van der Waals surface area contributed by atoms with E-state index in [9.17, 15) is 4.79 Å². The standard InChI is InChI=1S/C27H27N7O4/c1-17-12-32(24(36)13-35)8-9-33(17)26-28-10-18(11-29-26)20-6-7-21-25(31-20)34-23(30-21)14-37-15-27(34)16-38-22-5-3-2-4-19(22)27/h2-7,10-11,17,35H,8-9,12-16H2,1H3/t17-,27?/m1/s1. The lowest BCUT2D eigenvalue weighted by Crippen LogP contribution is -2.54. The smallest absolute Gasteiger partial charge is 0.248 e. The molecule has 194 valence electrons. The predicted molar refractivity (Wildman–Crippen MR) is 138 cm³/mol. The zero-order chi connectivity index (χ0) is 25.9. The van der Waals surface area contributed by atoms with Crippen molar-refractivity contribution in [2.24, 2.45) is 0 Å². The van der Waals surface area contributed by atoms with E-state index in [1.807, 2.05) is 37.3 Å². The number of benzene rings is 1. The molecule has 4 aromatic rings. The number of para-hydroxylation sites is 1. The van der Waals surface area contributed by atoms with Crippen LogP contribution in [0.2, 0.25) is 0 Å². The summed E-state index contributed by atoms with van der Waals surface area (Å²) in [7, 11) is 0. The summed E-state index contributed by atoms with van der Waals surface area (Å²) in [5.41, 5.74) is 3.71. The Bertz CT molecular complexity index is 1540. The largest absolute Gasteiger partial charge is 0.490 e. The molecule has 1 spiro atoms. The van der Waals surface area contributed by atoms with Gasteiger partial charge in [0.2, 0.25) is 11.9 Å². The zero-order valence-electron chi connectivity index (χ0n) is 20.9. The number of hydrogen-bond acceptors (Lipinski definition) is 9. The second-order valence-corrected chi connectivity index (χ2v) is 10.0. The van der Waals surface area contributed by atoms with Crippen molar-refractivity contribution < 1.29 is 19.4 Å². The number of hydrogen-bond donors (Lipinski definition) is 1. The van der Waals surface area contributed by atoms with Crippen LogP contribution in [0.4, 0.5) is 5.95 Å². The Labute approximate surface area is 218 Å². The van der Waals surface area contributed by atoms with Crippen LogP contribution in [-0.4, -0.2) is 85.9 Å². The lowest BCUT2D eigenvalue weighted by molar-refractivity contribution is -0.134. The van der Waals surface area contributed by atoms with Crippen LogP contribution < -0.4 is 9.64 Å². The summed E-state index contributed by atoms with van der Waals surface area (Å²) >= 11 is 0. The molecule has 11 heteroatoms. The average Bonchev–Trinajstić information content (AvgIpc) is 3.52. The summed E-state index contributed by atoms with van der Waals surface area (Å²) in [5.74, 6) is 2.05. The highest BCUT2D eigenvalue weighted by atomic mass is 16.5. The molecule has 1 N–H and O–H groups in total. The number of pyridine rings is 1. The van der Waals surface area contributed by atoms with Gasteiger partial charge in [-0.15, -0.1) is 0 Å². The van der Waals surface area contributed by atoms with E-state index in [2.05, 4.69) is 25.5 Å². The second kappa shape index (κ2) is 8.74. The molecule has 1 fully saturated rings. The summed E-state index contributed by atoms with van der Waals surface area (Å²) in [6, 6.07) is 12.0. The Hall–Kier alpha value is -4.09. The van der Waals surface area contributed by atoms with Crippen molar-refractivity contribution in [2.45, 2.75) is 25.1 Å². The molecule has 0 aliphatic carbocycles. The van der Waals surface area contributed by atoms with Crippen LogP contribution in [0, 0.1) is 0 Å². The first-order chi connectivity index (χ1) is 18.6. The van der Waals surface area contributed by atoms with Crippen molar-refractivity contribution >= 4 is 23.0 Å². The molecule has 0 radical (unpaired) electrons. The Balaban J connectivity index is 1.21. The molecule has 3 aliphatic heterocycles. The molecule has 3 aromatic heterocycles. The third-order valence-corrected chi connectivity index (χ3v) is 7.74. The number of nitrogens with zero attached hydrogens (tertiary/aromatic N) is 7. The molecular weight excluding hydrogens is 486 g/mol. The Kier molecular flexibility index (Phi) is 5.31. The number of carbonyl (C=O) groups excluding carboxylic acids is 1.